The molecule has 0 unspecified atom stereocenters. The van der Waals surface area contributed by atoms with E-state index in [1.165, 1.54) is 87.6 Å². The van der Waals surface area contributed by atoms with Gasteiger partial charge in [0.2, 0.25) is 0 Å². The van der Waals surface area contributed by atoms with E-state index in [2.05, 4.69) is 159 Å². The normalized spacial score (nSPS) is 13.5. The molecule has 0 radical (unpaired) electrons. The molecular formula is C43H30. The van der Waals surface area contributed by atoms with Gasteiger partial charge in [-0.3, -0.25) is 0 Å². The molecule has 0 N–H and O–H groups in total. The molecule has 0 heterocycles. The van der Waals surface area contributed by atoms with E-state index in [9.17, 15) is 0 Å². The molecule has 0 fully saturated rings. The van der Waals surface area contributed by atoms with Gasteiger partial charge in [-0.15, -0.1) is 0 Å². The van der Waals surface area contributed by atoms with Crippen molar-refractivity contribution in [1.82, 2.24) is 0 Å². The summed E-state index contributed by atoms with van der Waals surface area (Å²) < 4.78 is 0. The summed E-state index contributed by atoms with van der Waals surface area (Å²) in [5.74, 6) is 0. The predicted octanol–water partition coefficient (Wildman–Crippen LogP) is 11.9. The van der Waals surface area contributed by atoms with Gasteiger partial charge in [-0.1, -0.05) is 147 Å². The van der Waals surface area contributed by atoms with Gasteiger partial charge >= 0.3 is 0 Å². The third-order valence-electron chi connectivity index (χ3n) is 9.81. The summed E-state index contributed by atoms with van der Waals surface area (Å²) in [4.78, 5) is 0. The van der Waals surface area contributed by atoms with E-state index in [1.54, 1.807) is 0 Å². The van der Waals surface area contributed by atoms with Crippen LogP contribution in [0, 0.1) is 0 Å². The maximum absolute atomic E-state index is 2.43. The van der Waals surface area contributed by atoms with Gasteiger partial charge in [0.25, 0.3) is 0 Å². The Kier molecular flexibility index (Phi) is 5.05. The molecule has 0 bridgehead atoms. The summed E-state index contributed by atoms with van der Waals surface area (Å²) in [6, 6.07) is 54.1. The zero-order chi connectivity index (χ0) is 28.7. The molecule has 1 aliphatic rings. The van der Waals surface area contributed by atoms with Crippen LogP contribution in [0.1, 0.15) is 25.0 Å². The van der Waals surface area contributed by atoms with Crippen LogP contribution in [0.3, 0.4) is 0 Å². The van der Waals surface area contributed by atoms with Crippen LogP contribution in [-0.4, -0.2) is 0 Å². The Morgan fingerprint density at radius 1 is 0.372 bits per heavy atom. The second kappa shape index (κ2) is 8.90. The minimum absolute atomic E-state index is 0.0634. The third-order valence-corrected chi connectivity index (χ3v) is 9.81. The largest absolute Gasteiger partial charge is 0.0616 e. The van der Waals surface area contributed by atoms with E-state index < -0.39 is 0 Å². The zero-order valence-electron chi connectivity index (χ0n) is 24.4. The number of fused-ring (bicyclic) bond motifs is 9. The Labute approximate surface area is 251 Å². The highest BCUT2D eigenvalue weighted by atomic mass is 14.4. The summed E-state index contributed by atoms with van der Waals surface area (Å²) in [6.07, 6.45) is 0. The van der Waals surface area contributed by atoms with Crippen molar-refractivity contribution in [3.8, 4) is 33.4 Å². The maximum atomic E-state index is 2.43. The lowest BCUT2D eigenvalue weighted by atomic mass is 9.79. The van der Waals surface area contributed by atoms with E-state index in [1.807, 2.05) is 0 Å². The molecule has 0 saturated heterocycles. The Morgan fingerprint density at radius 3 is 1.74 bits per heavy atom. The van der Waals surface area contributed by atoms with Gasteiger partial charge in [-0.05, 0) is 99.7 Å². The Balaban J connectivity index is 1.18. The highest BCUT2D eigenvalue weighted by Crippen LogP contribution is 2.52. The first-order valence-electron chi connectivity index (χ1n) is 15.2. The van der Waals surface area contributed by atoms with Crippen molar-refractivity contribution >= 4 is 43.1 Å². The highest BCUT2D eigenvalue weighted by molar-refractivity contribution is 6.20. The summed E-state index contributed by atoms with van der Waals surface area (Å²) in [7, 11) is 0. The van der Waals surface area contributed by atoms with Crippen molar-refractivity contribution in [3.63, 3.8) is 0 Å². The second-order valence-electron chi connectivity index (χ2n) is 12.5. The van der Waals surface area contributed by atoms with Crippen LogP contribution >= 0.6 is 0 Å². The van der Waals surface area contributed by atoms with E-state index in [4.69, 9.17) is 0 Å². The molecule has 43 heavy (non-hydrogen) atoms. The van der Waals surface area contributed by atoms with Crippen molar-refractivity contribution in [2.75, 3.05) is 0 Å². The molecule has 8 aromatic rings. The van der Waals surface area contributed by atoms with Crippen LogP contribution in [0.4, 0.5) is 0 Å². The monoisotopic (exact) mass is 546 g/mol. The van der Waals surface area contributed by atoms with Gasteiger partial charge in [0.15, 0.2) is 0 Å². The van der Waals surface area contributed by atoms with Gasteiger partial charge in [0.1, 0.15) is 0 Å². The SMILES string of the molecule is CC1(C)c2cc(-c3ccc(-c4c5ccccc5cc5c4ccc4ccccc45)cc3)ccc2-c2ccc3ccccc3c21. The fourth-order valence-corrected chi connectivity index (χ4v) is 7.74. The fraction of sp³-hybridized carbons (Fsp3) is 0.0698. The first kappa shape index (κ1) is 24.4. The van der Waals surface area contributed by atoms with Crippen molar-refractivity contribution in [3.05, 3.63) is 157 Å². The highest BCUT2D eigenvalue weighted by Gasteiger charge is 2.37. The first-order valence-corrected chi connectivity index (χ1v) is 15.2. The summed E-state index contributed by atoms with van der Waals surface area (Å²) in [5.41, 5.74) is 10.6. The number of hydrogen-bond donors (Lipinski definition) is 0. The Bertz CT molecular complexity index is 2400. The smallest absolute Gasteiger partial charge is 0.0165 e. The van der Waals surface area contributed by atoms with Crippen molar-refractivity contribution in [2.24, 2.45) is 0 Å². The summed E-state index contributed by atoms with van der Waals surface area (Å²) in [5, 5.41) is 10.4. The second-order valence-corrected chi connectivity index (χ2v) is 12.5. The molecule has 0 spiro atoms. The fourth-order valence-electron chi connectivity index (χ4n) is 7.74. The molecule has 0 aliphatic heterocycles. The molecule has 8 aromatic carbocycles. The van der Waals surface area contributed by atoms with Crippen molar-refractivity contribution < 1.29 is 0 Å². The van der Waals surface area contributed by atoms with Crippen LogP contribution in [0.15, 0.2) is 146 Å². The molecule has 0 aromatic heterocycles. The molecule has 1 aliphatic carbocycles. The van der Waals surface area contributed by atoms with E-state index in [-0.39, 0.29) is 5.41 Å². The summed E-state index contributed by atoms with van der Waals surface area (Å²) >= 11 is 0. The quantitative estimate of drug-likeness (QED) is 0.149. The molecule has 0 amide bonds. The average Bonchev–Trinajstić information content (AvgIpc) is 3.29. The topological polar surface area (TPSA) is 0 Å². The van der Waals surface area contributed by atoms with Crippen LogP contribution in [0.25, 0.3) is 76.5 Å². The van der Waals surface area contributed by atoms with Gasteiger partial charge < -0.3 is 0 Å². The van der Waals surface area contributed by atoms with Crippen LogP contribution in [0.5, 0.6) is 0 Å². The van der Waals surface area contributed by atoms with E-state index in [0.29, 0.717) is 0 Å². The lowest BCUT2D eigenvalue weighted by Gasteiger charge is -2.23. The zero-order valence-corrected chi connectivity index (χ0v) is 24.4. The molecule has 0 atom stereocenters. The number of hydrogen-bond acceptors (Lipinski definition) is 0. The predicted molar refractivity (Wildman–Crippen MR) is 185 cm³/mol. The standard InChI is InChI=1S/C43H30/c1-43(2)40-26-31(21-22-36(40)38-24-20-29-10-4-8-14-35(29)42(38)43)27-15-17-30(18-16-27)41-34-13-7-5-11-32(34)25-39-33-12-6-3-9-28(33)19-23-37(39)41/h3-26H,1-2H3. The minimum atomic E-state index is -0.0634. The summed E-state index contributed by atoms with van der Waals surface area (Å²) in [6.45, 7) is 4.76. The lowest BCUT2D eigenvalue weighted by molar-refractivity contribution is 0.666. The average molecular weight is 547 g/mol. The van der Waals surface area contributed by atoms with Gasteiger partial charge in [-0.2, -0.15) is 0 Å². The number of rotatable bonds is 2. The molecule has 9 rings (SSSR count). The first-order chi connectivity index (χ1) is 21.1. The third kappa shape index (κ3) is 3.50. The van der Waals surface area contributed by atoms with Gasteiger partial charge in [0, 0.05) is 5.41 Å². The van der Waals surface area contributed by atoms with Crippen molar-refractivity contribution in [1.29, 1.82) is 0 Å². The van der Waals surface area contributed by atoms with Crippen LogP contribution in [0.2, 0.25) is 0 Å². The number of benzene rings is 8. The lowest BCUT2D eigenvalue weighted by Crippen LogP contribution is -2.15. The molecule has 202 valence electrons. The van der Waals surface area contributed by atoms with Crippen LogP contribution < -0.4 is 0 Å². The molecular weight excluding hydrogens is 516 g/mol. The molecule has 0 nitrogen and oxygen atoms in total. The minimum Gasteiger partial charge on any atom is -0.0616 e. The van der Waals surface area contributed by atoms with E-state index >= 15 is 0 Å². The van der Waals surface area contributed by atoms with Gasteiger partial charge in [-0.25, -0.2) is 0 Å². The van der Waals surface area contributed by atoms with Crippen molar-refractivity contribution in [2.45, 2.75) is 19.3 Å². The van der Waals surface area contributed by atoms with Gasteiger partial charge in [0.05, 0.1) is 0 Å². The molecule has 0 saturated carbocycles. The Hall–Kier alpha value is -5.20. The van der Waals surface area contributed by atoms with Crippen LogP contribution in [-0.2, 0) is 5.41 Å². The van der Waals surface area contributed by atoms with E-state index in [0.717, 1.165) is 0 Å². The molecule has 0 heteroatoms. The Morgan fingerprint density at radius 2 is 0.953 bits per heavy atom. The maximum Gasteiger partial charge on any atom is 0.0165 e.